The largest absolute Gasteiger partial charge is 0.129 e. The van der Waals surface area contributed by atoms with Crippen molar-refractivity contribution in [2.45, 2.75) is 4.90 Å². The van der Waals surface area contributed by atoms with Crippen molar-refractivity contribution in [2.24, 2.45) is 0 Å². The average molecular weight is 246 g/mol. The summed E-state index contributed by atoms with van der Waals surface area (Å²) in [4.78, 5) is 1.40. The minimum absolute atomic E-state index is 0.218. The zero-order chi connectivity index (χ0) is 11.4. The molecule has 2 aromatic rings. The predicted octanol–water partition coefficient (Wildman–Crippen LogP) is 3.47. The highest BCUT2D eigenvalue weighted by Gasteiger charge is 2.10. The Hall–Kier alpha value is -0.780. The lowest BCUT2D eigenvalue weighted by Gasteiger charge is -2.16. The minimum Gasteiger partial charge on any atom is -0.129 e. The summed E-state index contributed by atoms with van der Waals surface area (Å²) >= 11 is 1.83. The maximum absolute atomic E-state index is 2.33. The van der Waals surface area contributed by atoms with Crippen LogP contribution in [0, 0.1) is 0 Å². The Bertz CT molecular complexity index is 453. The molecule has 1 atom stereocenters. The second-order valence-corrected chi connectivity index (χ2v) is 6.53. The van der Waals surface area contributed by atoms with E-state index in [1.54, 1.807) is 0 Å². The van der Waals surface area contributed by atoms with E-state index in [1.807, 2.05) is 11.8 Å². The molecule has 0 aliphatic carbocycles. The fourth-order valence-electron chi connectivity index (χ4n) is 1.70. The molecule has 2 aromatic carbocycles. The Labute approximate surface area is 103 Å². The van der Waals surface area contributed by atoms with Crippen LogP contribution in [0.5, 0.6) is 0 Å². The van der Waals surface area contributed by atoms with Crippen LogP contribution in [0.2, 0.25) is 0 Å². The molecular weight excluding hydrogens is 231 g/mol. The lowest BCUT2D eigenvalue weighted by atomic mass is 10.4. The van der Waals surface area contributed by atoms with Gasteiger partial charge < -0.3 is 0 Å². The molecule has 0 aliphatic rings. The summed E-state index contributed by atoms with van der Waals surface area (Å²) in [6, 6.07) is 19.5. The highest BCUT2D eigenvalue weighted by molar-refractivity contribution is 7.99. The third kappa shape index (κ3) is 2.48. The van der Waals surface area contributed by atoms with Crippen LogP contribution in [-0.4, -0.2) is 12.9 Å². The molecule has 0 spiro atoms. The number of rotatable bonds is 3. The fourth-order valence-corrected chi connectivity index (χ4v) is 4.49. The summed E-state index contributed by atoms with van der Waals surface area (Å²) in [5.74, 6) is 0. The van der Waals surface area contributed by atoms with Gasteiger partial charge in [0.05, 0.1) is 0 Å². The molecule has 0 radical (unpaired) electrons. The minimum atomic E-state index is -0.218. The molecule has 0 aromatic heterocycles. The molecule has 0 saturated heterocycles. The van der Waals surface area contributed by atoms with E-state index in [-0.39, 0.29) is 7.92 Å². The van der Waals surface area contributed by atoms with Gasteiger partial charge in [-0.15, -0.1) is 11.8 Å². The normalized spacial score (nSPS) is 12.4. The third-order valence-electron chi connectivity index (χ3n) is 2.59. The highest BCUT2D eigenvalue weighted by Crippen LogP contribution is 2.32. The second-order valence-electron chi connectivity index (χ2n) is 3.57. The molecule has 0 N–H and O–H groups in total. The Morgan fingerprint density at radius 1 is 0.875 bits per heavy atom. The first-order chi connectivity index (χ1) is 7.83. The smallest absolute Gasteiger partial charge is 0.0149 e. The van der Waals surface area contributed by atoms with Crippen LogP contribution in [0.1, 0.15) is 0 Å². The van der Waals surface area contributed by atoms with E-state index >= 15 is 0 Å². The fraction of sp³-hybridized carbons (Fsp3) is 0.143. The first-order valence-electron chi connectivity index (χ1n) is 5.24. The second kappa shape index (κ2) is 5.52. The molecule has 0 aliphatic heterocycles. The molecular formula is C14H15PS. The van der Waals surface area contributed by atoms with Gasteiger partial charge in [0.25, 0.3) is 0 Å². The topological polar surface area (TPSA) is 0 Å². The number of thioether (sulfide) groups is 1. The summed E-state index contributed by atoms with van der Waals surface area (Å²) < 4.78 is 0. The van der Waals surface area contributed by atoms with Crippen LogP contribution in [-0.2, 0) is 0 Å². The number of hydrogen-bond acceptors (Lipinski definition) is 1. The van der Waals surface area contributed by atoms with Gasteiger partial charge in [0, 0.05) is 4.90 Å². The lowest BCUT2D eigenvalue weighted by molar-refractivity contribution is 1.53. The van der Waals surface area contributed by atoms with E-state index in [9.17, 15) is 0 Å². The van der Waals surface area contributed by atoms with Crippen molar-refractivity contribution in [2.75, 3.05) is 12.9 Å². The summed E-state index contributed by atoms with van der Waals surface area (Å²) in [7, 11) is -0.218. The Balaban J connectivity index is 2.37. The zero-order valence-corrected chi connectivity index (χ0v) is 11.3. The van der Waals surface area contributed by atoms with Crippen LogP contribution in [0.25, 0.3) is 0 Å². The van der Waals surface area contributed by atoms with Gasteiger partial charge in [-0.05, 0) is 37.5 Å². The molecule has 0 fully saturated rings. The summed E-state index contributed by atoms with van der Waals surface area (Å²) in [5, 5.41) is 2.93. The van der Waals surface area contributed by atoms with E-state index < -0.39 is 0 Å². The average Bonchev–Trinajstić information content (AvgIpc) is 2.39. The standard InChI is InChI=1S/C14H15PS/c1-15(12-8-4-3-5-9-12)13-10-6-7-11-14(13)16-2/h3-11H,1-2H3. The van der Waals surface area contributed by atoms with E-state index in [2.05, 4.69) is 67.5 Å². The van der Waals surface area contributed by atoms with Crippen LogP contribution < -0.4 is 10.6 Å². The zero-order valence-electron chi connectivity index (χ0n) is 9.55. The van der Waals surface area contributed by atoms with Crippen LogP contribution >= 0.6 is 19.7 Å². The van der Waals surface area contributed by atoms with Crippen molar-refractivity contribution in [3.63, 3.8) is 0 Å². The Kier molecular flexibility index (Phi) is 4.04. The van der Waals surface area contributed by atoms with Crippen molar-refractivity contribution in [3.8, 4) is 0 Å². The van der Waals surface area contributed by atoms with Crippen molar-refractivity contribution in [1.82, 2.24) is 0 Å². The third-order valence-corrected chi connectivity index (χ3v) is 5.72. The molecule has 82 valence electrons. The van der Waals surface area contributed by atoms with Crippen molar-refractivity contribution >= 4 is 30.3 Å². The molecule has 0 bridgehead atoms. The number of hydrogen-bond donors (Lipinski definition) is 0. The molecule has 0 amide bonds. The molecule has 0 nitrogen and oxygen atoms in total. The molecule has 16 heavy (non-hydrogen) atoms. The highest BCUT2D eigenvalue weighted by atomic mass is 32.2. The van der Waals surface area contributed by atoms with Gasteiger partial charge in [-0.25, -0.2) is 0 Å². The van der Waals surface area contributed by atoms with E-state index in [0.29, 0.717) is 0 Å². The molecule has 0 heterocycles. The van der Waals surface area contributed by atoms with Crippen molar-refractivity contribution in [1.29, 1.82) is 0 Å². The summed E-state index contributed by atoms with van der Waals surface area (Å²) in [6.07, 6.45) is 2.15. The van der Waals surface area contributed by atoms with E-state index in [0.717, 1.165) is 0 Å². The quantitative estimate of drug-likeness (QED) is 0.590. The maximum Gasteiger partial charge on any atom is 0.0149 e. The summed E-state index contributed by atoms with van der Waals surface area (Å²) in [6.45, 7) is 2.33. The van der Waals surface area contributed by atoms with Gasteiger partial charge >= 0.3 is 0 Å². The van der Waals surface area contributed by atoms with Crippen LogP contribution in [0.15, 0.2) is 59.5 Å². The Morgan fingerprint density at radius 3 is 2.19 bits per heavy atom. The van der Waals surface area contributed by atoms with Crippen LogP contribution in [0.3, 0.4) is 0 Å². The molecule has 1 unspecified atom stereocenters. The van der Waals surface area contributed by atoms with Gasteiger partial charge in [-0.2, -0.15) is 0 Å². The first kappa shape index (κ1) is 11.7. The molecule has 0 saturated carbocycles. The maximum atomic E-state index is 2.33. The van der Waals surface area contributed by atoms with Gasteiger partial charge in [-0.1, -0.05) is 48.5 Å². The monoisotopic (exact) mass is 246 g/mol. The SMILES string of the molecule is CSc1ccccc1P(C)c1ccccc1. The van der Waals surface area contributed by atoms with Crippen molar-refractivity contribution < 1.29 is 0 Å². The lowest BCUT2D eigenvalue weighted by Crippen LogP contribution is -2.12. The van der Waals surface area contributed by atoms with Gasteiger partial charge in [0.2, 0.25) is 0 Å². The van der Waals surface area contributed by atoms with Crippen molar-refractivity contribution in [3.05, 3.63) is 54.6 Å². The van der Waals surface area contributed by atoms with Gasteiger partial charge in [0.15, 0.2) is 0 Å². The summed E-state index contributed by atoms with van der Waals surface area (Å²) in [5.41, 5.74) is 0. The van der Waals surface area contributed by atoms with E-state index in [1.165, 1.54) is 15.5 Å². The predicted molar refractivity (Wildman–Crippen MR) is 76.8 cm³/mol. The molecule has 2 heteroatoms. The van der Waals surface area contributed by atoms with Crippen LogP contribution in [0.4, 0.5) is 0 Å². The molecule has 2 rings (SSSR count). The Morgan fingerprint density at radius 2 is 1.50 bits per heavy atom. The van der Waals surface area contributed by atoms with Gasteiger partial charge in [-0.3, -0.25) is 0 Å². The first-order valence-corrected chi connectivity index (χ1v) is 8.26. The number of benzene rings is 2. The van der Waals surface area contributed by atoms with E-state index in [4.69, 9.17) is 0 Å². The van der Waals surface area contributed by atoms with Gasteiger partial charge in [0.1, 0.15) is 0 Å².